The normalized spacial score (nSPS) is 11.2. The Hall–Kier alpha value is -1.54. The molecule has 0 fully saturated rings. The van der Waals surface area contributed by atoms with E-state index in [1.54, 1.807) is 13.1 Å². The largest absolute Gasteiger partial charge is 0.340 e. The van der Waals surface area contributed by atoms with Crippen molar-refractivity contribution in [3.8, 4) is 0 Å². The van der Waals surface area contributed by atoms with Crippen LogP contribution >= 0.6 is 28.1 Å². The van der Waals surface area contributed by atoms with Crippen molar-refractivity contribution < 1.29 is 4.52 Å². The highest BCUT2D eigenvalue weighted by atomic mass is 79.9. The Morgan fingerprint density at radius 1 is 1.56 bits per heavy atom. The summed E-state index contributed by atoms with van der Waals surface area (Å²) in [5, 5.41) is 3.85. The summed E-state index contributed by atoms with van der Waals surface area (Å²) in [4.78, 5) is 11.6. The fraction of sp³-hybridized carbons (Fsp3) is 0.200. The van der Waals surface area contributed by atoms with Gasteiger partial charge in [-0.1, -0.05) is 5.16 Å². The third-order valence-corrected chi connectivity index (χ3v) is 3.20. The minimum Gasteiger partial charge on any atom is -0.340 e. The van der Waals surface area contributed by atoms with Crippen LogP contribution in [0.25, 0.3) is 11.2 Å². The van der Waals surface area contributed by atoms with E-state index in [-0.39, 0.29) is 0 Å². The number of fused-ring (bicyclic) bond motifs is 1. The molecule has 0 atom stereocenters. The molecule has 0 aromatic carbocycles. The molecule has 0 saturated heterocycles. The molecule has 0 radical (unpaired) electrons. The zero-order chi connectivity index (χ0) is 12.7. The quantitative estimate of drug-likeness (QED) is 0.733. The van der Waals surface area contributed by atoms with Crippen LogP contribution in [-0.2, 0) is 6.54 Å². The van der Waals surface area contributed by atoms with Crippen LogP contribution in [0.15, 0.2) is 21.3 Å². The molecule has 3 aromatic rings. The van der Waals surface area contributed by atoms with Gasteiger partial charge in [0, 0.05) is 17.6 Å². The molecule has 3 aromatic heterocycles. The van der Waals surface area contributed by atoms with Crippen molar-refractivity contribution >= 4 is 39.3 Å². The predicted molar refractivity (Wildman–Crippen MR) is 70.8 cm³/mol. The van der Waals surface area contributed by atoms with Gasteiger partial charge in [0.15, 0.2) is 16.2 Å². The Kier molecular flexibility index (Phi) is 2.75. The van der Waals surface area contributed by atoms with Gasteiger partial charge in [0.2, 0.25) is 5.89 Å². The van der Waals surface area contributed by atoms with Crippen LogP contribution in [0.1, 0.15) is 11.7 Å². The van der Waals surface area contributed by atoms with Crippen molar-refractivity contribution in [3.63, 3.8) is 0 Å². The summed E-state index contributed by atoms with van der Waals surface area (Å²) in [5.74, 6) is 1.11. The molecule has 0 bridgehead atoms. The first kappa shape index (κ1) is 11.5. The van der Waals surface area contributed by atoms with Crippen molar-refractivity contribution in [1.82, 2.24) is 24.7 Å². The third-order valence-electron chi connectivity index (χ3n) is 2.44. The summed E-state index contributed by atoms with van der Waals surface area (Å²) in [5.41, 5.74) is 1.64. The van der Waals surface area contributed by atoms with E-state index >= 15 is 0 Å². The molecule has 0 spiro atoms. The van der Waals surface area contributed by atoms with E-state index in [1.165, 1.54) is 0 Å². The van der Waals surface area contributed by atoms with Crippen molar-refractivity contribution in [1.29, 1.82) is 0 Å². The highest BCUT2D eigenvalue weighted by Gasteiger charge is 2.10. The topological polar surface area (TPSA) is 72.5 Å². The molecule has 0 aliphatic heterocycles. The Balaban J connectivity index is 2.11. The molecule has 92 valence electrons. The molecular weight excluding hydrogens is 318 g/mol. The Bertz CT molecular complexity index is 774. The van der Waals surface area contributed by atoms with Gasteiger partial charge in [-0.25, -0.2) is 4.98 Å². The van der Waals surface area contributed by atoms with E-state index in [9.17, 15) is 0 Å². The average molecular weight is 326 g/mol. The number of hydrogen-bond acceptors (Lipinski definition) is 5. The van der Waals surface area contributed by atoms with Crippen molar-refractivity contribution in [2.75, 3.05) is 0 Å². The van der Waals surface area contributed by atoms with Crippen LogP contribution in [0.5, 0.6) is 0 Å². The van der Waals surface area contributed by atoms with Crippen molar-refractivity contribution in [3.05, 3.63) is 33.2 Å². The number of rotatable bonds is 2. The second-order valence-electron chi connectivity index (χ2n) is 3.77. The summed E-state index contributed by atoms with van der Waals surface area (Å²) in [6.45, 7) is 2.19. The van der Waals surface area contributed by atoms with Crippen LogP contribution < -0.4 is 0 Å². The van der Waals surface area contributed by atoms with Crippen LogP contribution in [-0.4, -0.2) is 24.7 Å². The van der Waals surface area contributed by atoms with Gasteiger partial charge in [-0.3, -0.25) is 4.57 Å². The van der Waals surface area contributed by atoms with E-state index in [1.807, 2.05) is 10.6 Å². The first-order valence-electron chi connectivity index (χ1n) is 5.17. The lowest BCUT2D eigenvalue weighted by atomic mass is 10.4. The molecule has 0 amide bonds. The summed E-state index contributed by atoms with van der Waals surface area (Å²) in [6.07, 6.45) is 1.73. The molecule has 6 nitrogen and oxygen atoms in total. The summed E-state index contributed by atoms with van der Waals surface area (Å²) in [6, 6.07) is 1.93. The number of H-pyrrole nitrogens is 1. The van der Waals surface area contributed by atoms with E-state index in [4.69, 9.17) is 16.7 Å². The summed E-state index contributed by atoms with van der Waals surface area (Å²) >= 11 is 8.64. The number of aryl methyl sites for hydroxylation is 1. The standard InChI is InChI=1S/C10H8BrN5OS/c1-5-13-8(15-17-5)4-16-9-7(14-10(16)18)2-6(11)3-12-9/h2-3H,4H2,1H3,(H,14,18). The number of imidazole rings is 1. The fourth-order valence-corrected chi connectivity index (χ4v) is 2.30. The van der Waals surface area contributed by atoms with E-state index in [0.29, 0.717) is 23.0 Å². The second kappa shape index (κ2) is 4.29. The SMILES string of the molecule is Cc1nc(Cn2c(=S)[nH]c3cc(Br)cnc32)no1. The van der Waals surface area contributed by atoms with E-state index in [0.717, 1.165) is 15.6 Å². The Morgan fingerprint density at radius 3 is 3.11 bits per heavy atom. The zero-order valence-corrected chi connectivity index (χ0v) is 11.7. The molecule has 0 saturated carbocycles. The molecule has 1 N–H and O–H groups in total. The monoisotopic (exact) mass is 325 g/mol. The number of nitrogens with zero attached hydrogens (tertiary/aromatic N) is 4. The highest BCUT2D eigenvalue weighted by Crippen LogP contribution is 2.17. The lowest BCUT2D eigenvalue weighted by Gasteiger charge is -1.99. The molecule has 3 rings (SSSR count). The number of aromatic nitrogens is 5. The minimum absolute atomic E-state index is 0.435. The van der Waals surface area contributed by atoms with Crippen molar-refractivity contribution in [2.45, 2.75) is 13.5 Å². The first-order chi connectivity index (χ1) is 8.63. The number of halogens is 1. The number of aromatic amines is 1. The molecular formula is C10H8BrN5OS. The van der Waals surface area contributed by atoms with Gasteiger partial charge in [0.05, 0.1) is 12.1 Å². The Labute approximate surface area is 115 Å². The van der Waals surface area contributed by atoms with E-state index < -0.39 is 0 Å². The maximum absolute atomic E-state index is 5.27. The second-order valence-corrected chi connectivity index (χ2v) is 5.07. The highest BCUT2D eigenvalue weighted by molar-refractivity contribution is 9.10. The molecule has 0 aliphatic rings. The van der Waals surface area contributed by atoms with Gasteiger partial charge in [-0.15, -0.1) is 0 Å². The lowest BCUT2D eigenvalue weighted by molar-refractivity contribution is 0.386. The number of hydrogen-bond donors (Lipinski definition) is 1. The van der Waals surface area contributed by atoms with Gasteiger partial charge in [-0.05, 0) is 34.2 Å². The summed E-state index contributed by atoms with van der Waals surface area (Å²) in [7, 11) is 0. The molecule has 3 heterocycles. The smallest absolute Gasteiger partial charge is 0.223 e. The van der Waals surface area contributed by atoms with Gasteiger partial charge in [0.25, 0.3) is 0 Å². The van der Waals surface area contributed by atoms with Gasteiger partial charge >= 0.3 is 0 Å². The fourth-order valence-electron chi connectivity index (χ4n) is 1.71. The molecule has 0 unspecified atom stereocenters. The van der Waals surface area contributed by atoms with Crippen LogP contribution in [0, 0.1) is 11.7 Å². The van der Waals surface area contributed by atoms with Crippen LogP contribution in [0.3, 0.4) is 0 Å². The maximum Gasteiger partial charge on any atom is 0.223 e. The minimum atomic E-state index is 0.435. The van der Waals surface area contributed by atoms with Gasteiger partial charge < -0.3 is 9.51 Å². The maximum atomic E-state index is 5.27. The zero-order valence-electron chi connectivity index (χ0n) is 9.35. The molecule has 8 heteroatoms. The average Bonchev–Trinajstić information content (AvgIpc) is 2.84. The van der Waals surface area contributed by atoms with Gasteiger partial charge in [0.1, 0.15) is 0 Å². The van der Waals surface area contributed by atoms with Crippen LogP contribution in [0.4, 0.5) is 0 Å². The molecule has 0 aliphatic carbocycles. The van der Waals surface area contributed by atoms with Crippen molar-refractivity contribution in [2.24, 2.45) is 0 Å². The summed E-state index contributed by atoms with van der Waals surface area (Å²) < 4.78 is 8.25. The lowest BCUT2D eigenvalue weighted by Crippen LogP contribution is -2.02. The van der Waals surface area contributed by atoms with Crippen LogP contribution in [0.2, 0.25) is 0 Å². The Morgan fingerprint density at radius 2 is 2.39 bits per heavy atom. The first-order valence-corrected chi connectivity index (χ1v) is 6.37. The third kappa shape index (κ3) is 1.97. The van der Waals surface area contributed by atoms with E-state index in [2.05, 4.69) is 36.0 Å². The van der Waals surface area contributed by atoms with Gasteiger partial charge in [-0.2, -0.15) is 4.98 Å². The predicted octanol–water partition coefficient (Wildman–Crippen LogP) is 2.60. The number of nitrogens with one attached hydrogen (secondary N) is 1. The number of pyridine rings is 1. The molecule has 18 heavy (non-hydrogen) atoms.